The molecule has 1 aliphatic rings. The molecule has 0 fully saturated rings. The van der Waals surface area contributed by atoms with Crippen molar-refractivity contribution >= 4 is 0 Å². The van der Waals surface area contributed by atoms with E-state index in [1.165, 1.54) is 0 Å². The molecule has 5 heteroatoms. The molecule has 0 saturated heterocycles. The lowest BCUT2D eigenvalue weighted by Crippen LogP contribution is -2.03. The minimum Gasteiger partial charge on any atom is -0.324 e. The maximum Gasteiger partial charge on any atom is 0.0964 e. The second-order valence-corrected chi connectivity index (χ2v) is 5.59. The molecule has 0 N–H and O–H groups in total. The second kappa shape index (κ2) is 4.64. The number of fused-ring (bicyclic) bond motifs is 5. The number of rotatable bonds is 1. The van der Waals surface area contributed by atoms with Crippen LogP contribution in [0.15, 0.2) is 67.1 Å². The van der Waals surface area contributed by atoms with E-state index in [2.05, 4.69) is 44.1 Å². The van der Waals surface area contributed by atoms with Gasteiger partial charge in [-0.3, -0.25) is 0 Å². The van der Waals surface area contributed by atoms with Gasteiger partial charge in [0.15, 0.2) is 0 Å². The molecule has 0 unspecified atom stereocenters. The van der Waals surface area contributed by atoms with Gasteiger partial charge in [-0.15, -0.1) is 5.10 Å². The van der Waals surface area contributed by atoms with Gasteiger partial charge < -0.3 is 4.57 Å². The highest BCUT2D eigenvalue weighted by Gasteiger charge is 2.23. The normalized spacial score (nSPS) is 12.2. The lowest BCUT2D eigenvalue weighted by molar-refractivity contribution is 0.724. The summed E-state index contributed by atoms with van der Waals surface area (Å²) in [4.78, 5) is 4.68. The molecule has 110 valence electrons. The third-order valence-electron chi connectivity index (χ3n) is 4.22. The van der Waals surface area contributed by atoms with E-state index in [9.17, 15) is 0 Å². The highest BCUT2D eigenvalue weighted by Crippen LogP contribution is 2.37. The van der Waals surface area contributed by atoms with Crippen LogP contribution in [-0.2, 0) is 6.54 Å². The Kier molecular flexibility index (Phi) is 2.49. The average molecular weight is 299 g/mol. The molecule has 0 spiro atoms. The fourth-order valence-corrected chi connectivity index (χ4v) is 3.19. The summed E-state index contributed by atoms with van der Waals surface area (Å²) in [5.74, 6) is 0. The molecule has 0 atom stereocenters. The number of hydrogen-bond donors (Lipinski definition) is 0. The summed E-state index contributed by atoms with van der Waals surface area (Å²) in [6.45, 7) is 0.705. The Hall–Kier alpha value is -3.21. The number of nitrogens with zero attached hydrogens (tertiary/aromatic N) is 5. The van der Waals surface area contributed by atoms with Gasteiger partial charge in [0, 0.05) is 11.1 Å². The van der Waals surface area contributed by atoms with E-state index in [0.29, 0.717) is 6.54 Å². The summed E-state index contributed by atoms with van der Waals surface area (Å²) < 4.78 is 4.08. The first kappa shape index (κ1) is 12.3. The molecule has 5 rings (SSSR count). The van der Waals surface area contributed by atoms with Gasteiger partial charge in [-0.1, -0.05) is 53.7 Å². The molecule has 0 bridgehead atoms. The maximum absolute atomic E-state index is 4.68. The molecule has 2 aromatic heterocycles. The zero-order valence-electron chi connectivity index (χ0n) is 12.3. The first-order valence-electron chi connectivity index (χ1n) is 7.52. The van der Waals surface area contributed by atoms with Gasteiger partial charge in [-0.05, 0) is 6.07 Å². The fourth-order valence-electron chi connectivity index (χ4n) is 3.19. The van der Waals surface area contributed by atoms with Crippen molar-refractivity contribution in [3.8, 4) is 28.2 Å². The predicted molar refractivity (Wildman–Crippen MR) is 87.1 cm³/mol. The van der Waals surface area contributed by atoms with E-state index < -0.39 is 0 Å². The summed E-state index contributed by atoms with van der Waals surface area (Å²) in [6, 6.07) is 18.6. The zero-order valence-corrected chi connectivity index (χ0v) is 12.3. The summed E-state index contributed by atoms with van der Waals surface area (Å²) in [6.07, 6.45) is 3.71. The van der Waals surface area contributed by atoms with Crippen molar-refractivity contribution in [2.45, 2.75) is 6.54 Å². The topological polar surface area (TPSA) is 48.5 Å². The molecule has 4 aromatic rings. The summed E-state index contributed by atoms with van der Waals surface area (Å²) >= 11 is 0. The monoisotopic (exact) mass is 299 g/mol. The van der Waals surface area contributed by atoms with Gasteiger partial charge in [0.2, 0.25) is 0 Å². The lowest BCUT2D eigenvalue weighted by atomic mass is 10.0. The molecular weight excluding hydrogens is 286 g/mol. The number of hydrogen-bond acceptors (Lipinski definition) is 3. The van der Waals surface area contributed by atoms with Crippen LogP contribution < -0.4 is 0 Å². The SMILES string of the molecule is c1ccc(-c2ncn3c2-c2ccccc2-n2nncc2C3)cc1. The van der Waals surface area contributed by atoms with Crippen LogP contribution in [0.5, 0.6) is 0 Å². The van der Waals surface area contributed by atoms with Crippen molar-refractivity contribution in [1.82, 2.24) is 24.5 Å². The van der Waals surface area contributed by atoms with Crippen molar-refractivity contribution in [3.63, 3.8) is 0 Å². The van der Waals surface area contributed by atoms with Gasteiger partial charge in [-0.25, -0.2) is 9.67 Å². The Morgan fingerprint density at radius 1 is 0.913 bits per heavy atom. The third kappa shape index (κ3) is 1.76. The predicted octanol–water partition coefficient (Wildman–Crippen LogP) is 3.16. The third-order valence-corrected chi connectivity index (χ3v) is 4.22. The molecule has 23 heavy (non-hydrogen) atoms. The summed E-state index contributed by atoms with van der Waals surface area (Å²) in [5, 5.41) is 8.32. The molecule has 2 aromatic carbocycles. The minimum absolute atomic E-state index is 0.705. The van der Waals surface area contributed by atoms with Crippen molar-refractivity contribution in [2.75, 3.05) is 0 Å². The highest BCUT2D eigenvalue weighted by molar-refractivity contribution is 5.83. The number of benzene rings is 2. The molecule has 0 aliphatic carbocycles. The maximum atomic E-state index is 4.68. The van der Waals surface area contributed by atoms with Gasteiger partial charge in [0.1, 0.15) is 0 Å². The van der Waals surface area contributed by atoms with Gasteiger partial charge in [-0.2, -0.15) is 0 Å². The van der Waals surface area contributed by atoms with Crippen LogP contribution in [-0.4, -0.2) is 24.5 Å². The quantitative estimate of drug-likeness (QED) is 0.478. The van der Waals surface area contributed by atoms with E-state index in [1.54, 1.807) is 0 Å². The zero-order chi connectivity index (χ0) is 15.2. The van der Waals surface area contributed by atoms with E-state index in [-0.39, 0.29) is 0 Å². The largest absolute Gasteiger partial charge is 0.324 e. The van der Waals surface area contributed by atoms with E-state index >= 15 is 0 Å². The first-order valence-corrected chi connectivity index (χ1v) is 7.52. The Morgan fingerprint density at radius 2 is 1.74 bits per heavy atom. The van der Waals surface area contributed by atoms with Crippen molar-refractivity contribution in [3.05, 3.63) is 72.8 Å². The number of para-hydroxylation sites is 1. The Morgan fingerprint density at radius 3 is 2.65 bits per heavy atom. The van der Waals surface area contributed by atoms with Crippen LogP contribution in [0.1, 0.15) is 5.69 Å². The molecule has 0 amide bonds. The summed E-state index contributed by atoms with van der Waals surface area (Å²) in [7, 11) is 0. The van der Waals surface area contributed by atoms with Gasteiger partial charge in [0.05, 0.1) is 41.8 Å². The van der Waals surface area contributed by atoms with E-state index in [1.807, 2.05) is 47.5 Å². The molecule has 5 nitrogen and oxygen atoms in total. The highest BCUT2D eigenvalue weighted by atomic mass is 15.4. The van der Waals surface area contributed by atoms with Crippen LogP contribution in [0.2, 0.25) is 0 Å². The molecule has 0 saturated carbocycles. The first-order chi connectivity index (χ1) is 11.4. The van der Waals surface area contributed by atoms with Crippen LogP contribution in [0, 0.1) is 0 Å². The molecule has 3 heterocycles. The van der Waals surface area contributed by atoms with Crippen molar-refractivity contribution < 1.29 is 0 Å². The van der Waals surface area contributed by atoms with Crippen LogP contribution in [0.3, 0.4) is 0 Å². The Balaban J connectivity index is 1.84. The Bertz CT molecular complexity index is 997. The van der Waals surface area contributed by atoms with E-state index in [0.717, 1.165) is 33.9 Å². The van der Waals surface area contributed by atoms with Gasteiger partial charge in [0.25, 0.3) is 0 Å². The molecule has 1 aliphatic heterocycles. The van der Waals surface area contributed by atoms with Crippen molar-refractivity contribution in [2.24, 2.45) is 0 Å². The van der Waals surface area contributed by atoms with Gasteiger partial charge >= 0.3 is 0 Å². The fraction of sp³-hybridized carbons (Fsp3) is 0.0556. The number of imidazole rings is 1. The standard InChI is InChI=1S/C18H13N5/c1-2-6-13(7-3-1)17-18-15-8-4-5-9-16(15)23-14(10-20-21-23)11-22(18)12-19-17/h1-10,12H,11H2. The smallest absolute Gasteiger partial charge is 0.0964 e. The molecule has 0 radical (unpaired) electrons. The van der Waals surface area contributed by atoms with Crippen LogP contribution >= 0.6 is 0 Å². The van der Waals surface area contributed by atoms with E-state index in [4.69, 9.17) is 0 Å². The van der Waals surface area contributed by atoms with Crippen LogP contribution in [0.4, 0.5) is 0 Å². The van der Waals surface area contributed by atoms with Crippen LogP contribution in [0.25, 0.3) is 28.2 Å². The average Bonchev–Trinajstić information content (AvgIpc) is 3.21. The minimum atomic E-state index is 0.705. The summed E-state index contributed by atoms with van der Waals surface area (Å²) in [5.41, 5.74) is 6.44. The Labute approximate surface area is 132 Å². The molecular formula is C18H13N5. The number of aromatic nitrogens is 5. The second-order valence-electron chi connectivity index (χ2n) is 5.59. The van der Waals surface area contributed by atoms with Crippen molar-refractivity contribution in [1.29, 1.82) is 0 Å². The lowest BCUT2D eigenvalue weighted by Gasteiger charge is -2.09.